The van der Waals surface area contributed by atoms with Crippen LogP contribution in [0.15, 0.2) is 42.5 Å². The van der Waals surface area contributed by atoms with Crippen LogP contribution in [0.1, 0.15) is 15.9 Å². The third kappa shape index (κ3) is 4.47. The summed E-state index contributed by atoms with van der Waals surface area (Å²) in [5.74, 6) is -0.0882. The van der Waals surface area contributed by atoms with Crippen molar-refractivity contribution in [2.75, 3.05) is 19.5 Å². The van der Waals surface area contributed by atoms with Crippen molar-refractivity contribution in [1.82, 2.24) is 0 Å². The molecule has 0 aromatic heterocycles. The first-order valence-electron chi connectivity index (χ1n) is 6.84. The van der Waals surface area contributed by atoms with Gasteiger partial charge in [0, 0.05) is 5.02 Å². The molecule has 0 heterocycles. The molecule has 2 rings (SSSR count). The summed E-state index contributed by atoms with van der Waals surface area (Å²) >= 11 is 5.88. The molecule has 5 nitrogen and oxygen atoms in total. The second-order valence-corrected chi connectivity index (χ2v) is 5.19. The van der Waals surface area contributed by atoms with E-state index in [1.165, 1.54) is 13.2 Å². The number of benzene rings is 2. The molecule has 2 aromatic rings. The van der Waals surface area contributed by atoms with E-state index in [-0.39, 0.29) is 17.9 Å². The highest BCUT2D eigenvalue weighted by molar-refractivity contribution is 6.31. The molecule has 0 bridgehead atoms. The lowest BCUT2D eigenvalue weighted by Crippen LogP contribution is -2.17. The number of esters is 1. The highest BCUT2D eigenvalue weighted by atomic mass is 35.5. The van der Waals surface area contributed by atoms with E-state index in [1.54, 1.807) is 31.4 Å². The second-order valence-electron chi connectivity index (χ2n) is 4.75. The Morgan fingerprint density at radius 1 is 1.09 bits per heavy atom. The normalized spacial score (nSPS) is 10.0. The summed E-state index contributed by atoms with van der Waals surface area (Å²) in [6.07, 6.45) is 0.174. The van der Waals surface area contributed by atoms with E-state index in [1.807, 2.05) is 12.1 Å². The number of carbonyl (C=O) groups excluding carboxylic acids is 2. The molecular formula is C17H16ClNO4. The minimum atomic E-state index is -0.563. The Kier molecular flexibility index (Phi) is 5.60. The first kappa shape index (κ1) is 16.8. The molecular weight excluding hydrogens is 318 g/mol. The molecule has 0 atom stereocenters. The van der Waals surface area contributed by atoms with Crippen molar-refractivity contribution in [3.05, 3.63) is 58.6 Å². The quantitative estimate of drug-likeness (QED) is 0.852. The Bertz CT molecular complexity index is 713. The zero-order valence-electron chi connectivity index (χ0n) is 12.8. The number of hydrogen-bond donors (Lipinski definition) is 1. The van der Waals surface area contributed by atoms with E-state index >= 15 is 0 Å². The number of nitrogens with one attached hydrogen (secondary N) is 1. The first-order chi connectivity index (χ1) is 11.0. The van der Waals surface area contributed by atoms with Crippen molar-refractivity contribution in [2.24, 2.45) is 0 Å². The molecule has 23 heavy (non-hydrogen) atoms. The zero-order chi connectivity index (χ0) is 16.8. The molecule has 120 valence electrons. The Hall–Kier alpha value is -2.53. The Balaban J connectivity index is 2.11. The van der Waals surface area contributed by atoms with Crippen LogP contribution in [-0.2, 0) is 16.0 Å². The maximum atomic E-state index is 12.2. The summed E-state index contributed by atoms with van der Waals surface area (Å²) in [4.78, 5) is 23.9. The summed E-state index contributed by atoms with van der Waals surface area (Å²) in [6, 6.07) is 11.8. The van der Waals surface area contributed by atoms with Crippen LogP contribution in [0.2, 0.25) is 5.02 Å². The number of methoxy groups -OCH3 is 2. The fourth-order valence-electron chi connectivity index (χ4n) is 2.03. The maximum Gasteiger partial charge on any atom is 0.340 e. The summed E-state index contributed by atoms with van der Waals surface area (Å²) < 4.78 is 9.77. The van der Waals surface area contributed by atoms with E-state index in [9.17, 15) is 9.59 Å². The molecule has 0 aliphatic carbocycles. The fourth-order valence-corrected chi connectivity index (χ4v) is 2.20. The van der Waals surface area contributed by atoms with E-state index in [0.717, 1.165) is 11.3 Å². The first-order valence-corrected chi connectivity index (χ1v) is 7.22. The topological polar surface area (TPSA) is 64.6 Å². The van der Waals surface area contributed by atoms with Gasteiger partial charge >= 0.3 is 5.97 Å². The second kappa shape index (κ2) is 7.65. The largest absolute Gasteiger partial charge is 0.497 e. The molecule has 0 spiro atoms. The predicted octanol–water partition coefficient (Wildman–Crippen LogP) is 3.32. The average molecular weight is 334 g/mol. The third-order valence-electron chi connectivity index (χ3n) is 3.18. The van der Waals surface area contributed by atoms with Crippen molar-refractivity contribution in [1.29, 1.82) is 0 Å². The molecule has 2 aromatic carbocycles. The van der Waals surface area contributed by atoms with Crippen LogP contribution < -0.4 is 10.1 Å². The summed E-state index contributed by atoms with van der Waals surface area (Å²) in [5.41, 5.74) is 1.40. The lowest BCUT2D eigenvalue weighted by Gasteiger charge is -2.10. The molecule has 0 saturated heterocycles. The van der Waals surface area contributed by atoms with Gasteiger partial charge in [0.25, 0.3) is 0 Å². The van der Waals surface area contributed by atoms with Crippen molar-refractivity contribution in [2.45, 2.75) is 6.42 Å². The van der Waals surface area contributed by atoms with Crippen LogP contribution in [0.4, 0.5) is 5.69 Å². The summed E-state index contributed by atoms with van der Waals surface area (Å²) in [5, 5.41) is 3.09. The lowest BCUT2D eigenvalue weighted by molar-refractivity contribution is -0.115. The van der Waals surface area contributed by atoms with Gasteiger partial charge in [0.1, 0.15) is 5.75 Å². The Morgan fingerprint density at radius 2 is 1.78 bits per heavy atom. The third-order valence-corrected chi connectivity index (χ3v) is 3.42. The van der Waals surface area contributed by atoms with Crippen LogP contribution in [0.25, 0.3) is 0 Å². The summed E-state index contributed by atoms with van der Waals surface area (Å²) in [6.45, 7) is 0. The highest BCUT2D eigenvalue weighted by Gasteiger charge is 2.15. The number of carbonyl (C=O) groups is 2. The number of rotatable bonds is 5. The van der Waals surface area contributed by atoms with Gasteiger partial charge in [0.2, 0.25) is 5.91 Å². The molecule has 6 heteroatoms. The fraction of sp³-hybridized carbons (Fsp3) is 0.176. The van der Waals surface area contributed by atoms with E-state index < -0.39 is 5.97 Å². The molecule has 1 N–H and O–H groups in total. The number of hydrogen-bond acceptors (Lipinski definition) is 4. The van der Waals surface area contributed by atoms with E-state index in [0.29, 0.717) is 10.7 Å². The van der Waals surface area contributed by atoms with E-state index in [4.69, 9.17) is 21.1 Å². The monoisotopic (exact) mass is 333 g/mol. The van der Waals surface area contributed by atoms with Crippen LogP contribution in [0.3, 0.4) is 0 Å². The van der Waals surface area contributed by atoms with Crippen molar-refractivity contribution in [3.63, 3.8) is 0 Å². The van der Waals surface area contributed by atoms with Crippen LogP contribution in [-0.4, -0.2) is 26.1 Å². The van der Waals surface area contributed by atoms with Gasteiger partial charge in [-0.3, -0.25) is 4.79 Å². The van der Waals surface area contributed by atoms with Gasteiger partial charge in [0.15, 0.2) is 0 Å². The standard InChI is InChI=1S/C17H16ClNO4/c1-22-13-6-3-11(4-7-13)9-16(20)19-15-8-5-12(18)10-14(15)17(21)23-2/h3-8,10H,9H2,1-2H3,(H,19,20). The smallest absolute Gasteiger partial charge is 0.340 e. The maximum absolute atomic E-state index is 12.2. The van der Waals surface area contributed by atoms with Gasteiger partial charge in [-0.25, -0.2) is 4.79 Å². The van der Waals surface area contributed by atoms with E-state index in [2.05, 4.69) is 5.32 Å². The van der Waals surface area contributed by atoms with Gasteiger partial charge in [-0.15, -0.1) is 0 Å². The zero-order valence-corrected chi connectivity index (χ0v) is 13.5. The van der Waals surface area contributed by atoms with Gasteiger partial charge in [-0.2, -0.15) is 0 Å². The minimum absolute atomic E-state index is 0.174. The van der Waals surface area contributed by atoms with Crippen molar-refractivity contribution >= 4 is 29.2 Å². The van der Waals surface area contributed by atoms with Crippen LogP contribution in [0, 0.1) is 0 Å². The van der Waals surface area contributed by atoms with Crippen molar-refractivity contribution < 1.29 is 19.1 Å². The van der Waals surface area contributed by atoms with Gasteiger partial charge in [-0.1, -0.05) is 23.7 Å². The Morgan fingerprint density at radius 3 is 2.39 bits per heavy atom. The van der Waals surface area contributed by atoms with Crippen LogP contribution in [0.5, 0.6) is 5.75 Å². The molecule has 0 radical (unpaired) electrons. The Labute approximate surface area is 139 Å². The van der Waals surface area contributed by atoms with Gasteiger partial charge < -0.3 is 14.8 Å². The molecule has 0 fully saturated rings. The molecule has 0 saturated carbocycles. The number of ether oxygens (including phenoxy) is 2. The summed E-state index contributed by atoms with van der Waals surface area (Å²) in [7, 11) is 2.85. The van der Waals surface area contributed by atoms with Crippen LogP contribution >= 0.6 is 11.6 Å². The molecule has 0 aliphatic rings. The average Bonchev–Trinajstić information content (AvgIpc) is 2.56. The SMILES string of the molecule is COC(=O)c1cc(Cl)ccc1NC(=O)Cc1ccc(OC)cc1. The lowest BCUT2D eigenvalue weighted by atomic mass is 10.1. The number of amides is 1. The number of anilines is 1. The molecule has 0 aliphatic heterocycles. The van der Waals surface area contributed by atoms with Gasteiger partial charge in [0.05, 0.1) is 31.9 Å². The number of halogens is 1. The molecule has 1 amide bonds. The highest BCUT2D eigenvalue weighted by Crippen LogP contribution is 2.22. The minimum Gasteiger partial charge on any atom is -0.497 e. The van der Waals surface area contributed by atoms with Gasteiger partial charge in [-0.05, 0) is 35.9 Å². The predicted molar refractivity (Wildman–Crippen MR) is 88.1 cm³/mol. The molecule has 0 unspecified atom stereocenters. The van der Waals surface area contributed by atoms with Crippen molar-refractivity contribution in [3.8, 4) is 5.75 Å².